The zero-order valence-corrected chi connectivity index (χ0v) is 14.4. The largest absolute Gasteiger partial charge is 0.347 e. The Balaban J connectivity index is 1.46. The summed E-state index contributed by atoms with van der Waals surface area (Å²) in [6.45, 7) is 0.591. The Morgan fingerprint density at radius 3 is 2.72 bits per heavy atom. The van der Waals surface area contributed by atoms with Crippen molar-refractivity contribution in [1.82, 2.24) is 5.32 Å². The van der Waals surface area contributed by atoms with E-state index in [0.29, 0.717) is 6.61 Å². The molecule has 1 spiro atoms. The molecule has 2 fully saturated rings. The number of benzene rings is 1. The van der Waals surface area contributed by atoms with Gasteiger partial charge in [-0.05, 0) is 31.0 Å². The molecule has 1 aromatic carbocycles. The predicted octanol–water partition coefficient (Wildman–Crippen LogP) is 2.61. The number of hydrogen-bond donors (Lipinski definition) is 2. The summed E-state index contributed by atoms with van der Waals surface area (Å²) in [5, 5.41) is 4.77. The zero-order valence-electron chi connectivity index (χ0n) is 13.6. The van der Waals surface area contributed by atoms with Crippen LogP contribution in [0.2, 0.25) is 5.02 Å². The molecule has 0 unspecified atom stereocenters. The number of anilines is 1. The van der Waals surface area contributed by atoms with Gasteiger partial charge >= 0.3 is 11.8 Å². The Morgan fingerprint density at radius 2 is 2.00 bits per heavy atom. The summed E-state index contributed by atoms with van der Waals surface area (Å²) in [6, 6.07) is 3.68. The van der Waals surface area contributed by atoms with Gasteiger partial charge in [-0.2, -0.15) is 0 Å². The van der Waals surface area contributed by atoms with E-state index < -0.39 is 23.4 Å². The van der Waals surface area contributed by atoms with Gasteiger partial charge in [0, 0.05) is 25.1 Å². The maximum absolute atomic E-state index is 13.1. The molecular formula is C17H20ClFN2O4. The van der Waals surface area contributed by atoms with Gasteiger partial charge in [-0.15, -0.1) is 0 Å². The number of carbonyl (C=O) groups excluding carboxylic acids is 2. The normalized spacial score (nSPS) is 21.9. The molecule has 1 saturated heterocycles. The Morgan fingerprint density at radius 1 is 1.24 bits per heavy atom. The van der Waals surface area contributed by atoms with Crippen molar-refractivity contribution in [1.29, 1.82) is 0 Å². The molecule has 1 atom stereocenters. The summed E-state index contributed by atoms with van der Waals surface area (Å²) in [7, 11) is 0. The third kappa shape index (κ3) is 4.48. The Kier molecular flexibility index (Phi) is 5.56. The number of amides is 2. The van der Waals surface area contributed by atoms with Crippen LogP contribution in [0.5, 0.6) is 0 Å². The Hall–Kier alpha value is -1.70. The topological polar surface area (TPSA) is 76.7 Å². The van der Waals surface area contributed by atoms with Crippen LogP contribution in [0.15, 0.2) is 18.2 Å². The lowest BCUT2D eigenvalue weighted by Gasteiger charge is -2.31. The molecule has 8 heteroatoms. The minimum Gasteiger partial charge on any atom is -0.347 e. The highest BCUT2D eigenvalue weighted by molar-refractivity contribution is 6.39. The molecule has 2 amide bonds. The van der Waals surface area contributed by atoms with E-state index in [1.54, 1.807) is 0 Å². The number of rotatable bonds is 3. The van der Waals surface area contributed by atoms with E-state index in [0.717, 1.165) is 31.7 Å². The molecule has 1 aromatic rings. The van der Waals surface area contributed by atoms with Gasteiger partial charge in [-0.1, -0.05) is 18.0 Å². The van der Waals surface area contributed by atoms with Gasteiger partial charge < -0.3 is 20.1 Å². The van der Waals surface area contributed by atoms with Crippen LogP contribution in [-0.4, -0.2) is 36.9 Å². The number of nitrogens with one attached hydrogen (secondary N) is 2. The molecule has 25 heavy (non-hydrogen) atoms. The van der Waals surface area contributed by atoms with Crippen molar-refractivity contribution in [2.45, 2.75) is 44.0 Å². The first-order chi connectivity index (χ1) is 12.0. The van der Waals surface area contributed by atoms with Crippen LogP contribution >= 0.6 is 11.6 Å². The fourth-order valence-corrected chi connectivity index (χ4v) is 3.30. The quantitative estimate of drug-likeness (QED) is 0.802. The minimum atomic E-state index is -0.853. The highest BCUT2D eigenvalue weighted by atomic mass is 35.5. The summed E-state index contributed by atoms with van der Waals surface area (Å²) in [5.74, 6) is -2.76. The van der Waals surface area contributed by atoms with Crippen molar-refractivity contribution < 1.29 is 23.5 Å². The predicted molar refractivity (Wildman–Crippen MR) is 89.7 cm³/mol. The van der Waals surface area contributed by atoms with Crippen LogP contribution in [0, 0.1) is 5.82 Å². The molecule has 6 nitrogen and oxygen atoms in total. The van der Waals surface area contributed by atoms with Crippen LogP contribution in [0.25, 0.3) is 0 Å². The third-order valence-electron chi connectivity index (χ3n) is 4.40. The fourth-order valence-electron chi connectivity index (χ4n) is 3.12. The van der Waals surface area contributed by atoms with Gasteiger partial charge in [0.05, 0.1) is 11.6 Å². The van der Waals surface area contributed by atoms with E-state index >= 15 is 0 Å². The minimum absolute atomic E-state index is 0.132. The Bertz CT molecular complexity index is 664. The molecule has 3 rings (SSSR count). The smallest absolute Gasteiger partial charge is 0.313 e. The van der Waals surface area contributed by atoms with Gasteiger partial charge in [0.2, 0.25) is 0 Å². The molecule has 136 valence electrons. The van der Waals surface area contributed by atoms with E-state index in [9.17, 15) is 14.0 Å². The van der Waals surface area contributed by atoms with Crippen LogP contribution in [-0.2, 0) is 19.1 Å². The first kappa shape index (κ1) is 18.1. The number of hydrogen-bond acceptors (Lipinski definition) is 4. The van der Waals surface area contributed by atoms with Crippen molar-refractivity contribution in [3.8, 4) is 0 Å². The van der Waals surface area contributed by atoms with Crippen molar-refractivity contribution in [3.63, 3.8) is 0 Å². The number of carbonyl (C=O) groups is 2. The summed E-state index contributed by atoms with van der Waals surface area (Å²) in [6.07, 6.45) is 4.79. The van der Waals surface area contributed by atoms with Crippen LogP contribution in [0.3, 0.4) is 0 Å². The molecule has 0 radical (unpaired) electrons. The average Bonchev–Trinajstić information content (AvgIpc) is 2.99. The standard InChI is InChI=1S/C17H20ClFN2O4/c18-13-8-11(4-5-14(13)19)21-16(23)15(22)20-9-12-10-24-17(25-12)6-2-1-3-7-17/h4-5,8,12H,1-3,6-7,9-10H2,(H,20,22)(H,21,23)/t12-/m1/s1. The SMILES string of the molecule is O=C(NC[C@@H]1COC2(CCCCC2)O1)C(=O)Nc1ccc(F)c(Cl)c1. The van der Waals surface area contributed by atoms with Crippen LogP contribution in [0.1, 0.15) is 32.1 Å². The van der Waals surface area contributed by atoms with Crippen LogP contribution < -0.4 is 10.6 Å². The summed E-state index contributed by atoms with van der Waals surface area (Å²) in [5.41, 5.74) is 0.244. The fraction of sp³-hybridized carbons (Fsp3) is 0.529. The van der Waals surface area contributed by atoms with E-state index in [1.165, 1.54) is 18.6 Å². The van der Waals surface area contributed by atoms with Gasteiger partial charge in [-0.3, -0.25) is 9.59 Å². The second-order valence-corrected chi connectivity index (χ2v) is 6.72. The molecule has 0 bridgehead atoms. The van der Waals surface area contributed by atoms with Gasteiger partial charge in [0.25, 0.3) is 0 Å². The van der Waals surface area contributed by atoms with Crippen molar-refractivity contribution in [2.75, 3.05) is 18.5 Å². The molecule has 1 heterocycles. The molecule has 0 aromatic heterocycles. The highest BCUT2D eigenvalue weighted by Gasteiger charge is 2.42. The van der Waals surface area contributed by atoms with E-state index in [2.05, 4.69) is 10.6 Å². The summed E-state index contributed by atoms with van der Waals surface area (Å²) >= 11 is 5.64. The summed E-state index contributed by atoms with van der Waals surface area (Å²) < 4.78 is 24.8. The third-order valence-corrected chi connectivity index (χ3v) is 4.69. The molecule has 2 N–H and O–H groups in total. The first-order valence-electron chi connectivity index (χ1n) is 8.33. The lowest BCUT2D eigenvalue weighted by atomic mass is 9.94. The van der Waals surface area contributed by atoms with Gasteiger partial charge in [-0.25, -0.2) is 4.39 Å². The van der Waals surface area contributed by atoms with Crippen molar-refractivity contribution >= 4 is 29.1 Å². The molecule has 1 aliphatic heterocycles. The maximum Gasteiger partial charge on any atom is 0.313 e. The van der Waals surface area contributed by atoms with Gasteiger partial charge in [0.1, 0.15) is 11.9 Å². The summed E-state index contributed by atoms with van der Waals surface area (Å²) in [4.78, 5) is 23.8. The molecule has 1 saturated carbocycles. The van der Waals surface area contributed by atoms with E-state index in [1.807, 2.05) is 0 Å². The molecule has 1 aliphatic carbocycles. The second-order valence-electron chi connectivity index (χ2n) is 6.32. The van der Waals surface area contributed by atoms with E-state index in [-0.39, 0.29) is 23.4 Å². The van der Waals surface area contributed by atoms with Crippen LogP contribution in [0.4, 0.5) is 10.1 Å². The maximum atomic E-state index is 13.1. The average molecular weight is 371 g/mol. The van der Waals surface area contributed by atoms with E-state index in [4.69, 9.17) is 21.1 Å². The Labute approximate surface area is 150 Å². The van der Waals surface area contributed by atoms with Crippen molar-refractivity contribution in [3.05, 3.63) is 29.0 Å². The highest BCUT2D eigenvalue weighted by Crippen LogP contribution is 2.37. The lowest BCUT2D eigenvalue weighted by Crippen LogP contribution is -2.41. The monoisotopic (exact) mass is 370 g/mol. The first-order valence-corrected chi connectivity index (χ1v) is 8.71. The van der Waals surface area contributed by atoms with Gasteiger partial charge in [0.15, 0.2) is 5.79 Å². The molecular weight excluding hydrogens is 351 g/mol. The number of halogens is 2. The van der Waals surface area contributed by atoms with Crippen molar-refractivity contribution in [2.24, 2.45) is 0 Å². The lowest BCUT2D eigenvalue weighted by molar-refractivity contribution is -0.186. The number of ether oxygens (including phenoxy) is 2. The zero-order chi connectivity index (χ0) is 17.9. The second kappa shape index (κ2) is 7.68. The molecule has 2 aliphatic rings.